The average molecular weight is 360 g/mol. The minimum Gasteiger partial charge on any atom is -0.369 e. The van der Waals surface area contributed by atoms with Gasteiger partial charge in [-0.25, -0.2) is 9.97 Å². The van der Waals surface area contributed by atoms with E-state index in [-0.39, 0.29) is 11.8 Å². The van der Waals surface area contributed by atoms with Crippen LogP contribution in [0.3, 0.4) is 0 Å². The van der Waals surface area contributed by atoms with Crippen molar-refractivity contribution < 1.29 is 4.79 Å². The Morgan fingerprint density at radius 1 is 1.30 bits per heavy atom. The highest BCUT2D eigenvalue weighted by Gasteiger charge is 2.29. The lowest BCUT2D eigenvalue weighted by Gasteiger charge is -2.09. The summed E-state index contributed by atoms with van der Waals surface area (Å²) in [5.74, 6) is 0.962. The number of carbonyl (C=O) groups excluding carboxylic acids is 1. The largest absolute Gasteiger partial charge is 0.369 e. The first-order valence-electron chi connectivity index (χ1n) is 9.34. The SMILES string of the molecule is NC(=O)[C@@H]1CC[C@@H](Cc2ncc3nnn(-c4ccc5c(c4)C=CC5)c3n2)C1. The number of hydrogen-bond donors (Lipinski definition) is 1. The van der Waals surface area contributed by atoms with Gasteiger partial charge in [-0.1, -0.05) is 23.4 Å². The molecule has 3 aromatic rings. The number of fused-ring (bicyclic) bond motifs is 2. The third-order valence-corrected chi connectivity index (χ3v) is 5.67. The van der Waals surface area contributed by atoms with Crippen molar-refractivity contribution in [3.8, 4) is 5.69 Å². The zero-order chi connectivity index (χ0) is 18.4. The van der Waals surface area contributed by atoms with Crippen LogP contribution in [0.5, 0.6) is 0 Å². The van der Waals surface area contributed by atoms with Crippen LogP contribution in [0.2, 0.25) is 0 Å². The highest BCUT2D eigenvalue weighted by Crippen LogP contribution is 2.32. The zero-order valence-corrected chi connectivity index (χ0v) is 14.9. The van der Waals surface area contributed by atoms with E-state index in [0.717, 1.165) is 43.6 Å². The molecular formula is C20H20N6O. The van der Waals surface area contributed by atoms with Gasteiger partial charge in [-0.05, 0) is 54.9 Å². The maximum absolute atomic E-state index is 11.4. The second-order valence-electron chi connectivity index (χ2n) is 7.47. The van der Waals surface area contributed by atoms with Crippen molar-refractivity contribution in [1.29, 1.82) is 0 Å². The van der Waals surface area contributed by atoms with Gasteiger partial charge in [0.05, 0.1) is 11.9 Å². The fraction of sp³-hybridized carbons (Fsp3) is 0.350. The molecule has 0 radical (unpaired) electrons. The number of carbonyl (C=O) groups is 1. The fourth-order valence-corrected chi connectivity index (χ4v) is 4.18. The Kier molecular flexibility index (Phi) is 3.74. The van der Waals surface area contributed by atoms with Crippen molar-refractivity contribution in [2.24, 2.45) is 17.6 Å². The number of allylic oxidation sites excluding steroid dienone is 1. The van der Waals surface area contributed by atoms with Crippen molar-refractivity contribution in [2.45, 2.75) is 32.1 Å². The van der Waals surface area contributed by atoms with Crippen molar-refractivity contribution in [2.75, 3.05) is 0 Å². The first-order chi connectivity index (χ1) is 13.2. The second-order valence-corrected chi connectivity index (χ2v) is 7.47. The quantitative estimate of drug-likeness (QED) is 0.769. The predicted octanol–water partition coefficient (Wildman–Crippen LogP) is 2.22. The molecule has 1 amide bonds. The third kappa shape index (κ3) is 2.89. The van der Waals surface area contributed by atoms with E-state index < -0.39 is 0 Å². The summed E-state index contributed by atoms with van der Waals surface area (Å²) in [5, 5.41) is 8.48. The minimum atomic E-state index is -0.193. The number of nitrogens with two attached hydrogens (primary N) is 1. The predicted molar refractivity (Wildman–Crippen MR) is 101 cm³/mol. The van der Waals surface area contributed by atoms with Gasteiger partial charge in [0, 0.05) is 12.3 Å². The molecule has 0 unspecified atom stereocenters. The van der Waals surface area contributed by atoms with Crippen LogP contribution in [-0.4, -0.2) is 30.9 Å². The van der Waals surface area contributed by atoms with Crippen molar-refractivity contribution in [1.82, 2.24) is 25.0 Å². The lowest BCUT2D eigenvalue weighted by molar-refractivity contribution is -0.121. The molecule has 1 aromatic carbocycles. The summed E-state index contributed by atoms with van der Waals surface area (Å²) >= 11 is 0. The molecule has 2 aliphatic rings. The Bertz CT molecular complexity index is 1070. The summed E-state index contributed by atoms with van der Waals surface area (Å²) in [6, 6.07) is 6.29. The van der Waals surface area contributed by atoms with E-state index >= 15 is 0 Å². The summed E-state index contributed by atoms with van der Waals surface area (Å²) in [6.45, 7) is 0. The van der Waals surface area contributed by atoms with Gasteiger partial charge >= 0.3 is 0 Å². The van der Waals surface area contributed by atoms with Crippen LogP contribution in [-0.2, 0) is 17.6 Å². The molecule has 0 aliphatic heterocycles. The van der Waals surface area contributed by atoms with Gasteiger partial charge in [-0.2, -0.15) is 4.68 Å². The van der Waals surface area contributed by atoms with E-state index in [2.05, 4.69) is 45.6 Å². The lowest BCUT2D eigenvalue weighted by Crippen LogP contribution is -2.21. The molecule has 2 aliphatic carbocycles. The number of aromatic nitrogens is 5. The Morgan fingerprint density at radius 3 is 3.07 bits per heavy atom. The topological polar surface area (TPSA) is 99.6 Å². The van der Waals surface area contributed by atoms with E-state index in [1.165, 1.54) is 11.1 Å². The molecule has 2 aromatic heterocycles. The van der Waals surface area contributed by atoms with Crippen molar-refractivity contribution in [3.63, 3.8) is 0 Å². The average Bonchev–Trinajstić information content (AvgIpc) is 3.40. The molecule has 27 heavy (non-hydrogen) atoms. The molecule has 1 fully saturated rings. The van der Waals surface area contributed by atoms with Gasteiger partial charge < -0.3 is 5.73 Å². The molecule has 1 saturated carbocycles. The van der Waals surface area contributed by atoms with Gasteiger partial charge in [-0.15, -0.1) is 5.10 Å². The van der Waals surface area contributed by atoms with E-state index in [1.54, 1.807) is 10.9 Å². The van der Waals surface area contributed by atoms with Gasteiger partial charge in [0.1, 0.15) is 5.82 Å². The molecule has 2 N–H and O–H groups in total. The summed E-state index contributed by atoms with van der Waals surface area (Å²) in [6.07, 6.45) is 10.4. The number of primary amides is 1. The van der Waals surface area contributed by atoms with Crippen LogP contribution in [0.25, 0.3) is 22.9 Å². The van der Waals surface area contributed by atoms with Crippen LogP contribution in [0.15, 0.2) is 30.5 Å². The second kappa shape index (κ2) is 6.26. The molecule has 5 rings (SSSR count). The first kappa shape index (κ1) is 16.1. The van der Waals surface area contributed by atoms with Crippen LogP contribution >= 0.6 is 0 Å². The van der Waals surface area contributed by atoms with E-state index in [1.807, 2.05) is 0 Å². The molecule has 0 bridgehead atoms. The van der Waals surface area contributed by atoms with E-state index in [0.29, 0.717) is 17.1 Å². The smallest absolute Gasteiger partial charge is 0.220 e. The first-order valence-corrected chi connectivity index (χ1v) is 9.34. The van der Waals surface area contributed by atoms with Gasteiger partial charge in [-0.3, -0.25) is 4.79 Å². The Labute approximate surface area is 156 Å². The van der Waals surface area contributed by atoms with E-state index in [4.69, 9.17) is 10.7 Å². The minimum absolute atomic E-state index is 0.00889. The maximum atomic E-state index is 11.4. The Balaban J connectivity index is 1.45. The highest BCUT2D eigenvalue weighted by molar-refractivity contribution is 5.77. The number of hydrogen-bond acceptors (Lipinski definition) is 5. The van der Waals surface area contributed by atoms with Gasteiger partial charge in [0.15, 0.2) is 11.2 Å². The molecule has 0 spiro atoms. The van der Waals surface area contributed by atoms with Crippen LogP contribution in [0, 0.1) is 11.8 Å². The standard InChI is InChI=1S/C20H20N6O/c21-19(27)15-5-4-12(8-15)9-18-22-11-17-20(23-18)26(25-24-17)16-7-6-13-2-1-3-14(13)10-16/h1,3,6-7,10-12,15H,2,4-5,8-9H2,(H2,21,27)/t12-,15-/m1/s1. The van der Waals surface area contributed by atoms with Crippen molar-refractivity contribution >= 4 is 23.1 Å². The molecule has 7 heteroatoms. The highest BCUT2D eigenvalue weighted by atomic mass is 16.1. The molecule has 136 valence electrons. The Morgan fingerprint density at radius 2 is 2.22 bits per heavy atom. The van der Waals surface area contributed by atoms with Crippen molar-refractivity contribution in [3.05, 3.63) is 47.4 Å². The molecule has 7 nitrogen and oxygen atoms in total. The number of amides is 1. The molecule has 2 heterocycles. The molecule has 2 atom stereocenters. The van der Waals surface area contributed by atoms with Crippen LogP contribution in [0.1, 0.15) is 36.2 Å². The number of nitrogens with zero attached hydrogens (tertiary/aromatic N) is 5. The number of benzene rings is 1. The van der Waals surface area contributed by atoms with Crippen LogP contribution in [0.4, 0.5) is 0 Å². The summed E-state index contributed by atoms with van der Waals surface area (Å²) < 4.78 is 1.77. The summed E-state index contributed by atoms with van der Waals surface area (Å²) in [5.41, 5.74) is 10.3. The molecular weight excluding hydrogens is 340 g/mol. The van der Waals surface area contributed by atoms with Crippen LogP contribution < -0.4 is 5.73 Å². The van der Waals surface area contributed by atoms with Gasteiger partial charge in [0.2, 0.25) is 5.91 Å². The third-order valence-electron chi connectivity index (χ3n) is 5.67. The fourth-order valence-electron chi connectivity index (χ4n) is 4.18. The van der Waals surface area contributed by atoms with E-state index in [9.17, 15) is 4.79 Å². The monoisotopic (exact) mass is 360 g/mol. The Hall–Kier alpha value is -3.09. The lowest BCUT2D eigenvalue weighted by atomic mass is 10.0. The zero-order valence-electron chi connectivity index (χ0n) is 14.9. The summed E-state index contributed by atoms with van der Waals surface area (Å²) in [7, 11) is 0. The maximum Gasteiger partial charge on any atom is 0.220 e. The normalized spacial score (nSPS) is 21.0. The number of rotatable bonds is 4. The summed E-state index contributed by atoms with van der Waals surface area (Å²) in [4.78, 5) is 20.6. The van der Waals surface area contributed by atoms with Gasteiger partial charge in [0.25, 0.3) is 0 Å². The molecule has 0 saturated heterocycles.